The zero-order chi connectivity index (χ0) is 23.4. The second kappa shape index (κ2) is 9.82. The molecule has 9 heteroatoms. The zero-order valence-electron chi connectivity index (χ0n) is 17.9. The van der Waals surface area contributed by atoms with Gasteiger partial charge in [0.15, 0.2) is 0 Å². The van der Waals surface area contributed by atoms with E-state index in [2.05, 4.69) is 10.0 Å². The normalized spacial score (nSPS) is 13.4. The third-order valence-corrected chi connectivity index (χ3v) is 6.84. The number of carbonyl (C=O) groups is 1. The van der Waals surface area contributed by atoms with E-state index in [-0.39, 0.29) is 23.2 Å². The van der Waals surface area contributed by atoms with Crippen molar-refractivity contribution >= 4 is 33.2 Å². The lowest BCUT2D eigenvalue weighted by molar-refractivity contribution is 0.102. The van der Waals surface area contributed by atoms with Crippen molar-refractivity contribution in [3.05, 3.63) is 82.9 Å². The topological polar surface area (TPSA) is 93.7 Å². The van der Waals surface area contributed by atoms with Crippen LogP contribution in [0.1, 0.15) is 28.8 Å². The molecule has 0 heterocycles. The summed E-state index contributed by atoms with van der Waals surface area (Å²) in [6.07, 6.45) is 1.65. The average Bonchev–Trinajstić information content (AvgIpc) is 3.62. The predicted octanol–water partition coefficient (Wildman–Crippen LogP) is 4.62. The Kier molecular flexibility index (Phi) is 6.88. The number of amides is 1. The van der Waals surface area contributed by atoms with Gasteiger partial charge in [-0.25, -0.2) is 13.1 Å². The Morgan fingerprint density at radius 1 is 1.03 bits per heavy atom. The van der Waals surface area contributed by atoms with Gasteiger partial charge in [0.1, 0.15) is 18.1 Å². The molecular weight excluding hydrogens is 464 g/mol. The van der Waals surface area contributed by atoms with Crippen LogP contribution in [0.15, 0.2) is 71.6 Å². The Balaban J connectivity index is 1.54. The molecule has 0 radical (unpaired) electrons. The third-order valence-electron chi connectivity index (χ3n) is 5.07. The highest BCUT2D eigenvalue weighted by Gasteiger charge is 2.28. The maximum atomic E-state index is 13.1. The van der Waals surface area contributed by atoms with Gasteiger partial charge in [0, 0.05) is 11.1 Å². The van der Waals surface area contributed by atoms with Crippen molar-refractivity contribution in [2.24, 2.45) is 0 Å². The van der Waals surface area contributed by atoms with Crippen molar-refractivity contribution in [1.82, 2.24) is 4.72 Å². The SMILES string of the molecule is COc1ccc(S(=O)(=O)NC2CC2)cc1NC(=O)c1ccccc1OCc1ccc(Cl)cc1. The summed E-state index contributed by atoms with van der Waals surface area (Å²) in [5.41, 5.74) is 1.45. The number of halogens is 1. The van der Waals surface area contributed by atoms with Gasteiger partial charge in [-0.3, -0.25) is 4.79 Å². The molecule has 0 saturated heterocycles. The number of nitrogens with one attached hydrogen (secondary N) is 2. The largest absolute Gasteiger partial charge is 0.495 e. The Labute approximate surface area is 197 Å². The van der Waals surface area contributed by atoms with E-state index >= 15 is 0 Å². The monoisotopic (exact) mass is 486 g/mol. The highest BCUT2D eigenvalue weighted by atomic mass is 35.5. The molecule has 0 unspecified atom stereocenters. The molecule has 1 amide bonds. The van der Waals surface area contributed by atoms with Crippen molar-refractivity contribution in [2.45, 2.75) is 30.4 Å². The number of para-hydroxylation sites is 1. The molecular formula is C24H23ClN2O5S. The van der Waals surface area contributed by atoms with E-state index in [4.69, 9.17) is 21.1 Å². The average molecular weight is 487 g/mol. The number of hydrogen-bond donors (Lipinski definition) is 2. The molecule has 33 heavy (non-hydrogen) atoms. The summed E-state index contributed by atoms with van der Waals surface area (Å²) in [5, 5.41) is 3.38. The summed E-state index contributed by atoms with van der Waals surface area (Å²) in [5.74, 6) is 0.279. The maximum Gasteiger partial charge on any atom is 0.259 e. The van der Waals surface area contributed by atoms with Crippen LogP contribution >= 0.6 is 11.6 Å². The van der Waals surface area contributed by atoms with Crippen LogP contribution in [0.5, 0.6) is 11.5 Å². The minimum atomic E-state index is -3.69. The lowest BCUT2D eigenvalue weighted by atomic mass is 10.1. The number of carbonyl (C=O) groups excluding carboxylic acids is 1. The van der Waals surface area contributed by atoms with Gasteiger partial charge in [0.2, 0.25) is 10.0 Å². The molecule has 0 aromatic heterocycles. The lowest BCUT2D eigenvalue weighted by Crippen LogP contribution is -2.26. The van der Waals surface area contributed by atoms with Gasteiger partial charge in [-0.1, -0.05) is 35.9 Å². The second-order valence-electron chi connectivity index (χ2n) is 7.62. The van der Waals surface area contributed by atoms with Crippen molar-refractivity contribution in [3.8, 4) is 11.5 Å². The number of methoxy groups -OCH3 is 1. The summed E-state index contributed by atoms with van der Waals surface area (Å²) < 4.78 is 39.0. The molecule has 1 fully saturated rings. The highest BCUT2D eigenvalue weighted by Crippen LogP contribution is 2.30. The van der Waals surface area contributed by atoms with E-state index in [0.29, 0.717) is 22.1 Å². The highest BCUT2D eigenvalue weighted by molar-refractivity contribution is 7.89. The van der Waals surface area contributed by atoms with Gasteiger partial charge < -0.3 is 14.8 Å². The van der Waals surface area contributed by atoms with Crippen LogP contribution in [0, 0.1) is 0 Å². The third kappa shape index (κ3) is 5.84. The van der Waals surface area contributed by atoms with Crippen molar-refractivity contribution in [1.29, 1.82) is 0 Å². The smallest absolute Gasteiger partial charge is 0.259 e. The van der Waals surface area contributed by atoms with Crippen LogP contribution in [0.4, 0.5) is 5.69 Å². The predicted molar refractivity (Wildman–Crippen MR) is 127 cm³/mol. The van der Waals surface area contributed by atoms with Crippen LogP contribution in [0.2, 0.25) is 5.02 Å². The fourth-order valence-electron chi connectivity index (χ4n) is 3.15. The first kappa shape index (κ1) is 23.1. The summed E-state index contributed by atoms with van der Waals surface area (Å²) in [4.78, 5) is 13.1. The van der Waals surface area contributed by atoms with Crippen LogP contribution < -0.4 is 19.5 Å². The molecule has 1 aliphatic carbocycles. The Morgan fingerprint density at radius 2 is 1.76 bits per heavy atom. The molecule has 172 valence electrons. The fourth-order valence-corrected chi connectivity index (χ4v) is 4.61. The van der Waals surface area contributed by atoms with Gasteiger partial charge in [0.25, 0.3) is 5.91 Å². The second-order valence-corrected chi connectivity index (χ2v) is 9.77. The van der Waals surface area contributed by atoms with E-state index in [1.807, 2.05) is 12.1 Å². The van der Waals surface area contributed by atoms with Crippen LogP contribution in [0.3, 0.4) is 0 Å². The van der Waals surface area contributed by atoms with Gasteiger partial charge in [0.05, 0.1) is 23.3 Å². The molecule has 1 saturated carbocycles. The van der Waals surface area contributed by atoms with Crippen molar-refractivity contribution in [3.63, 3.8) is 0 Å². The van der Waals surface area contributed by atoms with E-state index in [9.17, 15) is 13.2 Å². The van der Waals surface area contributed by atoms with Gasteiger partial charge in [-0.05, 0) is 60.9 Å². The number of hydrogen-bond acceptors (Lipinski definition) is 5. The van der Waals surface area contributed by atoms with E-state index in [1.54, 1.807) is 36.4 Å². The first-order valence-corrected chi connectivity index (χ1v) is 12.2. The van der Waals surface area contributed by atoms with Crippen molar-refractivity contribution in [2.75, 3.05) is 12.4 Å². The molecule has 3 aromatic rings. The molecule has 0 atom stereocenters. The Bertz CT molecular complexity index is 1260. The lowest BCUT2D eigenvalue weighted by Gasteiger charge is -2.15. The fraction of sp³-hybridized carbons (Fsp3) is 0.208. The molecule has 1 aliphatic rings. The zero-order valence-corrected chi connectivity index (χ0v) is 19.4. The number of benzene rings is 3. The number of anilines is 1. The summed E-state index contributed by atoms with van der Waals surface area (Å²) in [7, 11) is -2.24. The summed E-state index contributed by atoms with van der Waals surface area (Å²) >= 11 is 5.92. The van der Waals surface area contributed by atoms with Gasteiger partial charge >= 0.3 is 0 Å². The molecule has 7 nitrogen and oxygen atoms in total. The standard InChI is InChI=1S/C24H23ClN2O5S/c1-31-23-13-12-19(33(29,30)27-18-10-11-18)14-21(23)26-24(28)20-4-2-3-5-22(20)32-15-16-6-8-17(25)9-7-16/h2-9,12-14,18,27H,10-11,15H2,1H3,(H,26,28). The van der Waals surface area contributed by atoms with E-state index in [1.165, 1.54) is 25.3 Å². The van der Waals surface area contributed by atoms with E-state index < -0.39 is 15.9 Å². The van der Waals surface area contributed by atoms with Crippen LogP contribution in [-0.4, -0.2) is 27.5 Å². The minimum absolute atomic E-state index is 0.0280. The number of ether oxygens (including phenoxy) is 2. The summed E-state index contributed by atoms with van der Waals surface area (Å²) in [6, 6.07) is 18.4. The molecule has 4 rings (SSSR count). The minimum Gasteiger partial charge on any atom is -0.495 e. The quantitative estimate of drug-likeness (QED) is 0.460. The maximum absolute atomic E-state index is 13.1. The summed E-state index contributed by atoms with van der Waals surface area (Å²) in [6.45, 7) is 0.255. The van der Waals surface area contributed by atoms with E-state index in [0.717, 1.165) is 18.4 Å². The van der Waals surface area contributed by atoms with Gasteiger partial charge in [-0.2, -0.15) is 0 Å². The van der Waals surface area contributed by atoms with Gasteiger partial charge in [-0.15, -0.1) is 0 Å². The van der Waals surface area contributed by atoms with Crippen LogP contribution in [-0.2, 0) is 16.6 Å². The number of rotatable bonds is 9. The molecule has 2 N–H and O–H groups in total. The molecule has 0 bridgehead atoms. The Morgan fingerprint density at radius 3 is 2.45 bits per heavy atom. The van der Waals surface area contributed by atoms with Crippen LogP contribution in [0.25, 0.3) is 0 Å². The first-order chi connectivity index (χ1) is 15.9. The molecule has 3 aromatic carbocycles. The Hall–Kier alpha value is -3.07. The molecule has 0 spiro atoms. The molecule has 0 aliphatic heterocycles. The van der Waals surface area contributed by atoms with Crippen molar-refractivity contribution < 1.29 is 22.7 Å². The first-order valence-electron chi connectivity index (χ1n) is 10.3. The number of sulfonamides is 1.